The van der Waals surface area contributed by atoms with Crippen molar-refractivity contribution in [2.75, 3.05) is 18.9 Å². The first-order valence-corrected chi connectivity index (χ1v) is 7.85. The van der Waals surface area contributed by atoms with Gasteiger partial charge in [-0.25, -0.2) is 8.42 Å². The number of nitro benzene ring substituents is 1. The van der Waals surface area contributed by atoms with Crippen molar-refractivity contribution in [1.29, 1.82) is 0 Å². The van der Waals surface area contributed by atoms with Crippen molar-refractivity contribution in [3.8, 4) is 11.5 Å². The standard InChI is InChI=1S/C14H14N2O6S/c1-21-13-8-7-12(9-14(13)22-2)23(19,20)15-10-3-5-11(6-4-10)16(17)18/h3-9,15H,1-2H3. The fourth-order valence-electron chi connectivity index (χ4n) is 1.85. The monoisotopic (exact) mass is 338 g/mol. The van der Waals surface area contributed by atoms with Crippen molar-refractivity contribution in [2.45, 2.75) is 4.90 Å². The molecule has 2 aromatic carbocycles. The summed E-state index contributed by atoms with van der Waals surface area (Å²) in [6.45, 7) is 0. The zero-order valence-electron chi connectivity index (χ0n) is 12.3. The molecule has 1 N–H and O–H groups in total. The number of hydrogen-bond donors (Lipinski definition) is 1. The van der Waals surface area contributed by atoms with Gasteiger partial charge in [0.05, 0.1) is 24.0 Å². The summed E-state index contributed by atoms with van der Waals surface area (Å²) in [5, 5.41) is 10.6. The van der Waals surface area contributed by atoms with Gasteiger partial charge in [0.1, 0.15) is 0 Å². The van der Waals surface area contributed by atoms with Gasteiger partial charge in [-0.2, -0.15) is 0 Å². The Balaban J connectivity index is 2.29. The molecule has 0 aromatic heterocycles. The van der Waals surface area contributed by atoms with E-state index in [0.717, 1.165) is 0 Å². The molecule has 0 atom stereocenters. The third-order valence-corrected chi connectivity index (χ3v) is 4.37. The van der Waals surface area contributed by atoms with E-state index in [4.69, 9.17) is 9.47 Å². The SMILES string of the molecule is COc1ccc(S(=O)(=O)Nc2ccc([N+](=O)[O-])cc2)cc1OC. The summed E-state index contributed by atoms with van der Waals surface area (Å²) in [6, 6.07) is 9.23. The largest absolute Gasteiger partial charge is 0.493 e. The number of ether oxygens (including phenoxy) is 2. The van der Waals surface area contributed by atoms with Gasteiger partial charge in [-0.3, -0.25) is 14.8 Å². The molecule has 0 amide bonds. The number of rotatable bonds is 6. The molecule has 122 valence electrons. The number of nitro groups is 1. The van der Waals surface area contributed by atoms with Gasteiger partial charge in [0.25, 0.3) is 15.7 Å². The lowest BCUT2D eigenvalue weighted by Crippen LogP contribution is -2.13. The van der Waals surface area contributed by atoms with E-state index in [1.165, 1.54) is 56.7 Å². The highest BCUT2D eigenvalue weighted by molar-refractivity contribution is 7.92. The third kappa shape index (κ3) is 3.69. The highest BCUT2D eigenvalue weighted by atomic mass is 32.2. The summed E-state index contributed by atoms with van der Waals surface area (Å²) in [4.78, 5) is 10.0. The first-order valence-electron chi connectivity index (χ1n) is 6.36. The lowest BCUT2D eigenvalue weighted by Gasteiger charge is -2.11. The molecule has 2 rings (SSSR count). The summed E-state index contributed by atoms with van der Waals surface area (Å²) in [6.07, 6.45) is 0. The molecule has 8 nitrogen and oxygen atoms in total. The van der Waals surface area contributed by atoms with Crippen molar-refractivity contribution in [2.24, 2.45) is 0 Å². The summed E-state index contributed by atoms with van der Waals surface area (Å²) in [7, 11) is -1.01. The minimum atomic E-state index is -3.86. The van der Waals surface area contributed by atoms with E-state index < -0.39 is 14.9 Å². The summed E-state index contributed by atoms with van der Waals surface area (Å²) in [5.41, 5.74) is 0.0875. The first-order chi connectivity index (χ1) is 10.9. The van der Waals surface area contributed by atoms with Crippen LogP contribution in [0.15, 0.2) is 47.4 Å². The number of benzene rings is 2. The quantitative estimate of drug-likeness (QED) is 0.640. The lowest BCUT2D eigenvalue weighted by atomic mass is 10.3. The molecule has 0 aliphatic heterocycles. The molecule has 0 bridgehead atoms. The van der Waals surface area contributed by atoms with Crippen molar-refractivity contribution in [3.63, 3.8) is 0 Å². The van der Waals surface area contributed by atoms with E-state index in [9.17, 15) is 18.5 Å². The van der Waals surface area contributed by atoms with E-state index >= 15 is 0 Å². The molecule has 9 heteroatoms. The van der Waals surface area contributed by atoms with Crippen molar-refractivity contribution >= 4 is 21.4 Å². The predicted molar refractivity (Wildman–Crippen MR) is 83.5 cm³/mol. The zero-order chi connectivity index (χ0) is 17.0. The highest BCUT2D eigenvalue weighted by Crippen LogP contribution is 2.30. The van der Waals surface area contributed by atoms with Gasteiger partial charge < -0.3 is 9.47 Å². The molecule has 0 spiro atoms. The van der Waals surface area contributed by atoms with E-state index in [0.29, 0.717) is 5.75 Å². The number of methoxy groups -OCH3 is 2. The second-order valence-electron chi connectivity index (χ2n) is 4.43. The van der Waals surface area contributed by atoms with Crippen LogP contribution in [0.1, 0.15) is 0 Å². The Morgan fingerprint density at radius 2 is 1.61 bits per heavy atom. The number of hydrogen-bond acceptors (Lipinski definition) is 6. The molecule has 0 aliphatic carbocycles. The Morgan fingerprint density at radius 1 is 1.00 bits per heavy atom. The zero-order valence-corrected chi connectivity index (χ0v) is 13.2. The number of nitrogens with zero attached hydrogens (tertiary/aromatic N) is 1. The average molecular weight is 338 g/mol. The Bertz CT molecular complexity index is 818. The Hall–Kier alpha value is -2.81. The number of nitrogens with one attached hydrogen (secondary N) is 1. The molecule has 0 saturated heterocycles. The molecule has 0 aliphatic rings. The maximum Gasteiger partial charge on any atom is 0.269 e. The maximum atomic E-state index is 12.3. The van der Waals surface area contributed by atoms with Crippen LogP contribution >= 0.6 is 0 Å². The fourth-order valence-corrected chi connectivity index (χ4v) is 2.92. The van der Waals surface area contributed by atoms with E-state index in [2.05, 4.69) is 4.72 Å². The smallest absolute Gasteiger partial charge is 0.269 e. The molecule has 0 fully saturated rings. The second kappa shape index (κ2) is 6.53. The molecular formula is C14H14N2O6S. The van der Waals surface area contributed by atoms with Crippen LogP contribution in [0.3, 0.4) is 0 Å². The summed E-state index contributed by atoms with van der Waals surface area (Å²) in [5.74, 6) is 0.681. The van der Waals surface area contributed by atoms with Crippen LogP contribution in [0, 0.1) is 10.1 Å². The first kappa shape index (κ1) is 16.6. The van der Waals surface area contributed by atoms with Gasteiger partial charge in [-0.1, -0.05) is 0 Å². The normalized spacial score (nSPS) is 10.9. The third-order valence-electron chi connectivity index (χ3n) is 3.00. The van der Waals surface area contributed by atoms with Crippen LogP contribution in [-0.4, -0.2) is 27.6 Å². The van der Waals surface area contributed by atoms with E-state index in [1.807, 2.05) is 0 Å². The van der Waals surface area contributed by atoms with Crippen molar-refractivity contribution in [1.82, 2.24) is 0 Å². The van der Waals surface area contributed by atoms with E-state index in [-0.39, 0.29) is 22.0 Å². The second-order valence-corrected chi connectivity index (χ2v) is 6.11. The molecule has 0 unspecified atom stereocenters. The van der Waals surface area contributed by atoms with Crippen LogP contribution < -0.4 is 14.2 Å². The summed E-state index contributed by atoms with van der Waals surface area (Å²) >= 11 is 0. The molecule has 0 radical (unpaired) electrons. The molecule has 0 saturated carbocycles. The summed E-state index contributed by atoms with van der Waals surface area (Å²) < 4.78 is 37.2. The maximum absolute atomic E-state index is 12.3. The molecular weight excluding hydrogens is 324 g/mol. The fraction of sp³-hybridized carbons (Fsp3) is 0.143. The van der Waals surface area contributed by atoms with Gasteiger partial charge in [-0.15, -0.1) is 0 Å². The highest BCUT2D eigenvalue weighted by Gasteiger charge is 2.17. The van der Waals surface area contributed by atoms with Gasteiger partial charge in [0.2, 0.25) is 0 Å². The predicted octanol–water partition coefficient (Wildman–Crippen LogP) is 2.41. The van der Waals surface area contributed by atoms with Crippen LogP contribution in [0.2, 0.25) is 0 Å². The van der Waals surface area contributed by atoms with Crippen LogP contribution in [0.5, 0.6) is 11.5 Å². The van der Waals surface area contributed by atoms with Gasteiger partial charge in [0.15, 0.2) is 11.5 Å². The van der Waals surface area contributed by atoms with Crippen molar-refractivity contribution < 1.29 is 22.8 Å². The Morgan fingerprint density at radius 3 is 2.13 bits per heavy atom. The number of anilines is 1. The van der Waals surface area contributed by atoms with E-state index in [1.54, 1.807) is 0 Å². The van der Waals surface area contributed by atoms with Gasteiger partial charge in [0, 0.05) is 23.9 Å². The van der Waals surface area contributed by atoms with Crippen LogP contribution in [-0.2, 0) is 10.0 Å². The topological polar surface area (TPSA) is 108 Å². The number of non-ortho nitro benzene ring substituents is 1. The minimum absolute atomic E-state index is 0.0199. The lowest BCUT2D eigenvalue weighted by molar-refractivity contribution is -0.384. The number of sulfonamides is 1. The van der Waals surface area contributed by atoms with Gasteiger partial charge >= 0.3 is 0 Å². The Kier molecular flexibility index (Phi) is 4.70. The molecule has 0 heterocycles. The average Bonchev–Trinajstić information content (AvgIpc) is 2.54. The van der Waals surface area contributed by atoms with Crippen LogP contribution in [0.25, 0.3) is 0 Å². The Labute approximate surface area is 132 Å². The van der Waals surface area contributed by atoms with Crippen LogP contribution in [0.4, 0.5) is 11.4 Å². The van der Waals surface area contributed by atoms with Gasteiger partial charge in [-0.05, 0) is 24.3 Å². The van der Waals surface area contributed by atoms with Crippen molar-refractivity contribution in [3.05, 3.63) is 52.6 Å². The molecule has 23 heavy (non-hydrogen) atoms. The molecule has 2 aromatic rings. The minimum Gasteiger partial charge on any atom is -0.493 e.